The van der Waals surface area contributed by atoms with Crippen LogP contribution in [0.15, 0.2) is 63.3 Å². The van der Waals surface area contributed by atoms with Crippen LogP contribution in [0.2, 0.25) is 0 Å². The summed E-state index contributed by atoms with van der Waals surface area (Å²) in [5, 5.41) is 10.9. The number of anilines is 2. The van der Waals surface area contributed by atoms with Crippen molar-refractivity contribution in [3.63, 3.8) is 0 Å². The smallest absolute Gasteiger partial charge is 0.444 e. The van der Waals surface area contributed by atoms with Gasteiger partial charge < -0.3 is 38.9 Å². The normalized spacial score (nSPS) is 15.2. The van der Waals surface area contributed by atoms with E-state index in [0.717, 1.165) is 30.8 Å². The highest BCUT2D eigenvalue weighted by Gasteiger charge is 2.51. The zero-order valence-corrected chi connectivity index (χ0v) is 45.9. The molecule has 374 valence electrons. The minimum absolute atomic E-state index is 0.151. The lowest BCUT2D eigenvalue weighted by Crippen LogP contribution is -2.41. The van der Waals surface area contributed by atoms with Gasteiger partial charge in [0.05, 0.1) is 39.2 Å². The summed E-state index contributed by atoms with van der Waals surface area (Å²) in [5.41, 5.74) is 4.26. The molecule has 68 heavy (non-hydrogen) atoms. The first-order valence-electron chi connectivity index (χ1n) is 22.1. The summed E-state index contributed by atoms with van der Waals surface area (Å²) in [6, 6.07) is 15.2. The highest BCUT2D eigenvalue weighted by atomic mass is 79.9. The Hall–Kier alpha value is -4.76. The van der Waals surface area contributed by atoms with Crippen molar-refractivity contribution in [2.75, 3.05) is 10.6 Å². The van der Waals surface area contributed by atoms with Gasteiger partial charge in [0.2, 0.25) is 0 Å². The first-order chi connectivity index (χ1) is 31.0. The third-order valence-electron chi connectivity index (χ3n) is 9.43. The standard InChI is InChI=1S/C21H29N3O4S.C19H30BNO4.C8H11BrN2O2S/c1-13(23-18(25)27-20(2,3)4)14-8-10-15(11-9-14)16-17(22-12-29-16)24-19(26)28-21(5,6)7;1-13(21-16(22)23-17(2,3)4)14-9-11-15(12-10-14)20-24-18(5,6)19(7,8)25-20;1-8(2,3)13-7(12)11-6-5(9)14-4-10-6/h8-13H,1-7H3,(H,23,25)(H,24,26);9-13H,1-8H3,(H,21,22);4H,1-3H3,(H,11,12)/t2*13-;/m00./s1. The Bertz CT molecular complexity index is 2280. The van der Waals surface area contributed by atoms with E-state index in [2.05, 4.69) is 47.2 Å². The lowest BCUT2D eigenvalue weighted by Gasteiger charge is -2.32. The number of hydrogen-bond acceptors (Lipinski definition) is 14. The van der Waals surface area contributed by atoms with Crippen molar-refractivity contribution < 1.29 is 47.4 Å². The molecular formula is C48H70BBrN6O10S2. The zero-order valence-electron chi connectivity index (χ0n) is 42.7. The number of hydrogen-bond donors (Lipinski definition) is 4. The van der Waals surface area contributed by atoms with Gasteiger partial charge in [-0.1, -0.05) is 48.5 Å². The highest BCUT2D eigenvalue weighted by molar-refractivity contribution is 9.11. The first-order valence-corrected chi connectivity index (χ1v) is 24.7. The molecule has 1 aliphatic rings. The molecule has 0 saturated carbocycles. The average Bonchev–Trinajstić information content (AvgIpc) is 3.85. The van der Waals surface area contributed by atoms with Crippen LogP contribution in [0.5, 0.6) is 0 Å². The average molecular weight is 1050 g/mol. The van der Waals surface area contributed by atoms with E-state index in [0.29, 0.717) is 11.6 Å². The Morgan fingerprint density at radius 1 is 0.574 bits per heavy atom. The van der Waals surface area contributed by atoms with Crippen molar-refractivity contribution in [2.24, 2.45) is 0 Å². The predicted molar refractivity (Wildman–Crippen MR) is 275 cm³/mol. The predicted octanol–water partition coefficient (Wildman–Crippen LogP) is 12.6. The molecule has 4 aromatic rings. The van der Waals surface area contributed by atoms with Crippen LogP contribution in [-0.2, 0) is 28.3 Å². The van der Waals surface area contributed by atoms with Gasteiger partial charge in [0, 0.05) is 0 Å². The largest absolute Gasteiger partial charge is 0.494 e. The zero-order chi connectivity index (χ0) is 51.6. The molecule has 0 radical (unpaired) electrons. The van der Waals surface area contributed by atoms with Gasteiger partial charge in [0.1, 0.15) is 26.2 Å². The summed E-state index contributed by atoms with van der Waals surface area (Å²) in [4.78, 5) is 56.2. The maximum absolute atomic E-state index is 12.0. The summed E-state index contributed by atoms with van der Waals surface area (Å²) >= 11 is 6.08. The van der Waals surface area contributed by atoms with Crippen LogP contribution in [-0.4, -0.2) is 75.1 Å². The number of nitrogens with zero attached hydrogens (tertiary/aromatic N) is 2. The molecule has 0 aliphatic carbocycles. The van der Waals surface area contributed by atoms with Crippen LogP contribution >= 0.6 is 38.6 Å². The molecule has 2 atom stereocenters. The molecular weight excluding hydrogens is 975 g/mol. The third-order valence-corrected chi connectivity index (χ3v) is 11.9. The van der Waals surface area contributed by atoms with E-state index in [1.54, 1.807) is 31.8 Å². The number of alkyl carbamates (subject to hydrolysis) is 2. The molecule has 3 heterocycles. The van der Waals surface area contributed by atoms with E-state index >= 15 is 0 Å². The summed E-state index contributed by atoms with van der Waals surface area (Å²) in [6.45, 7) is 33.8. The molecule has 16 nitrogen and oxygen atoms in total. The number of amides is 4. The van der Waals surface area contributed by atoms with Crippen LogP contribution in [0.25, 0.3) is 10.4 Å². The van der Waals surface area contributed by atoms with Crippen molar-refractivity contribution in [1.82, 2.24) is 20.6 Å². The fraction of sp³-hybridized carbons (Fsp3) is 0.542. The number of thiazole rings is 2. The van der Waals surface area contributed by atoms with E-state index in [1.807, 2.05) is 152 Å². The number of aromatic nitrogens is 2. The van der Waals surface area contributed by atoms with E-state index < -0.39 is 46.8 Å². The number of rotatable bonds is 8. The number of ether oxygens (including phenoxy) is 4. The molecule has 4 amide bonds. The second-order valence-corrected chi connectivity index (χ2v) is 23.9. The molecule has 2 aromatic carbocycles. The van der Waals surface area contributed by atoms with Gasteiger partial charge in [0.25, 0.3) is 0 Å². The molecule has 2 aromatic heterocycles. The second-order valence-electron chi connectivity index (χ2n) is 20.9. The lowest BCUT2D eigenvalue weighted by atomic mass is 9.78. The summed E-state index contributed by atoms with van der Waals surface area (Å²) in [5.74, 6) is 0.946. The molecule has 0 spiro atoms. The van der Waals surface area contributed by atoms with E-state index in [1.165, 1.54) is 22.7 Å². The van der Waals surface area contributed by atoms with Crippen molar-refractivity contribution in [3.05, 3.63) is 74.5 Å². The molecule has 0 bridgehead atoms. The number of carbonyl (C=O) groups excluding carboxylic acids is 4. The quantitative estimate of drug-likeness (QED) is 0.0964. The van der Waals surface area contributed by atoms with Crippen LogP contribution in [0.3, 0.4) is 0 Å². The van der Waals surface area contributed by atoms with Gasteiger partial charge in [-0.3, -0.25) is 10.6 Å². The molecule has 1 aliphatic heterocycles. The molecule has 1 fully saturated rings. The van der Waals surface area contributed by atoms with E-state index in [4.69, 9.17) is 28.3 Å². The molecule has 5 rings (SSSR count). The topological polar surface area (TPSA) is 198 Å². The lowest BCUT2D eigenvalue weighted by molar-refractivity contribution is 0.00578. The SMILES string of the molecule is CC(C)(C)OC(=O)Nc1ncsc1Br.C[C@H](NC(=O)OC(C)(C)C)c1ccc(-c2scnc2NC(=O)OC(C)(C)C)cc1.C[C@H](NC(=O)OC(C)(C)C)c1ccc(B2OC(C)(C)C(C)(C)O2)cc1. The van der Waals surface area contributed by atoms with E-state index in [9.17, 15) is 19.2 Å². The van der Waals surface area contributed by atoms with Crippen LogP contribution in [0.4, 0.5) is 30.8 Å². The van der Waals surface area contributed by atoms with Gasteiger partial charge in [-0.2, -0.15) is 0 Å². The number of benzene rings is 2. The maximum Gasteiger partial charge on any atom is 0.494 e. The minimum atomic E-state index is -0.584. The van der Waals surface area contributed by atoms with Crippen molar-refractivity contribution >= 4 is 87.2 Å². The Labute approximate surface area is 419 Å². The Kier molecular flexibility index (Phi) is 19.7. The van der Waals surface area contributed by atoms with Gasteiger partial charge in [-0.05, 0) is 163 Å². The maximum atomic E-state index is 12.0. The Balaban J connectivity index is 0.000000286. The van der Waals surface area contributed by atoms with E-state index in [-0.39, 0.29) is 30.4 Å². The minimum Gasteiger partial charge on any atom is -0.444 e. The molecule has 20 heteroatoms. The van der Waals surface area contributed by atoms with Crippen molar-refractivity contribution in [3.8, 4) is 10.4 Å². The van der Waals surface area contributed by atoms with Crippen molar-refractivity contribution in [1.29, 1.82) is 0 Å². The Morgan fingerprint density at radius 2 is 0.926 bits per heavy atom. The van der Waals surface area contributed by atoms with Gasteiger partial charge in [-0.25, -0.2) is 29.1 Å². The van der Waals surface area contributed by atoms with Crippen LogP contribution in [0, 0.1) is 0 Å². The van der Waals surface area contributed by atoms with Gasteiger partial charge in [-0.15, -0.1) is 22.7 Å². The Morgan fingerprint density at radius 3 is 1.31 bits per heavy atom. The summed E-state index contributed by atoms with van der Waals surface area (Å²) in [6.07, 6.45) is -1.92. The second kappa shape index (κ2) is 23.2. The summed E-state index contributed by atoms with van der Waals surface area (Å²) < 4.78 is 33.8. The fourth-order valence-corrected chi connectivity index (χ4v) is 7.30. The number of nitrogens with one attached hydrogen (secondary N) is 4. The van der Waals surface area contributed by atoms with Gasteiger partial charge in [0.15, 0.2) is 11.6 Å². The van der Waals surface area contributed by atoms with Crippen molar-refractivity contribution in [2.45, 2.75) is 170 Å². The number of halogens is 1. The number of carbonyl (C=O) groups is 4. The van der Waals surface area contributed by atoms with Crippen LogP contribution in [0.1, 0.15) is 148 Å². The monoisotopic (exact) mass is 1040 g/mol. The highest BCUT2D eigenvalue weighted by Crippen LogP contribution is 2.37. The molecule has 0 unspecified atom stereocenters. The summed E-state index contributed by atoms with van der Waals surface area (Å²) in [7, 11) is -0.381. The molecule has 4 N–H and O–H groups in total. The molecule has 1 saturated heterocycles. The van der Waals surface area contributed by atoms with Crippen LogP contribution < -0.4 is 26.7 Å². The third kappa shape index (κ3) is 19.7. The van der Waals surface area contributed by atoms with Gasteiger partial charge >= 0.3 is 31.5 Å². The fourth-order valence-electron chi connectivity index (χ4n) is 5.63. The first kappa shape index (κ1) is 57.6.